The van der Waals surface area contributed by atoms with Gasteiger partial charge < -0.3 is 35.1 Å². The van der Waals surface area contributed by atoms with Gasteiger partial charge in [0.25, 0.3) is 0 Å². The van der Waals surface area contributed by atoms with E-state index in [1.54, 1.807) is 34.7 Å². The molecule has 4 saturated heterocycles. The molecule has 0 radical (unpaired) electrons. The fourth-order valence-corrected chi connectivity index (χ4v) is 13.8. The number of likely N-dealkylation sites (tertiary alicyclic amines) is 1. The average molecular weight is 1160 g/mol. The van der Waals surface area contributed by atoms with Crippen LogP contribution in [-0.4, -0.2) is 165 Å². The smallest absolute Gasteiger partial charge is 0.301 e. The maximum Gasteiger partial charge on any atom is 0.301 e. The summed E-state index contributed by atoms with van der Waals surface area (Å²) in [7, 11) is -4.37. The number of aliphatic hydroxyl groups is 1. The number of aliphatic hydroxyl groups excluding tert-OH is 1. The molecular formula is C59H67F3N12O6S2. The minimum Gasteiger partial charge on any atom is -0.391 e. The Hall–Kier alpha value is -7.02. The molecular weight excluding hydrogens is 1090 g/mol. The number of H-pyrrole nitrogens is 2. The number of ketones is 1. The second kappa shape index (κ2) is 23.3. The molecule has 0 spiro atoms. The molecule has 7 aromatic rings. The van der Waals surface area contributed by atoms with Crippen molar-refractivity contribution >= 4 is 61.6 Å². The lowest BCUT2D eigenvalue weighted by Gasteiger charge is -2.39. The lowest BCUT2D eigenvalue weighted by Crippen LogP contribution is -2.57. The third-order valence-electron chi connectivity index (χ3n) is 16.4. The Morgan fingerprint density at radius 2 is 1.55 bits per heavy atom. The summed E-state index contributed by atoms with van der Waals surface area (Å²) in [5.41, 5.74) is 6.31. The van der Waals surface area contributed by atoms with Gasteiger partial charge in [0.05, 0.1) is 57.9 Å². The zero-order chi connectivity index (χ0) is 57.6. The number of nitrogens with zero attached hydrogens (tertiary/aromatic N) is 8. The van der Waals surface area contributed by atoms with E-state index in [0.29, 0.717) is 34.8 Å². The fraction of sp³-hybridized carbons (Fsp3) is 0.424. The molecule has 4 atom stereocenters. The van der Waals surface area contributed by atoms with Crippen LogP contribution in [-0.2, 0) is 19.8 Å². The minimum atomic E-state index is -4.37. The number of anilines is 2. The van der Waals surface area contributed by atoms with Gasteiger partial charge in [-0.3, -0.25) is 24.0 Å². The van der Waals surface area contributed by atoms with Crippen molar-refractivity contribution in [3.05, 3.63) is 125 Å². The highest BCUT2D eigenvalue weighted by atomic mass is 32.2. The van der Waals surface area contributed by atoms with E-state index < -0.39 is 75.2 Å². The molecule has 4 aliphatic rings. The molecule has 8 heterocycles. The molecule has 432 valence electrons. The van der Waals surface area contributed by atoms with Gasteiger partial charge in [0, 0.05) is 106 Å². The third-order valence-corrected chi connectivity index (χ3v) is 18.9. The highest BCUT2D eigenvalue weighted by molar-refractivity contribution is 7.90. The fourth-order valence-electron chi connectivity index (χ4n) is 11.7. The van der Waals surface area contributed by atoms with Crippen molar-refractivity contribution in [2.24, 2.45) is 11.3 Å². The van der Waals surface area contributed by atoms with Gasteiger partial charge in [-0.25, -0.2) is 28.1 Å². The van der Waals surface area contributed by atoms with Crippen molar-refractivity contribution < 1.29 is 41.1 Å². The Kier molecular flexibility index (Phi) is 16.2. The van der Waals surface area contributed by atoms with E-state index in [9.17, 15) is 32.3 Å². The molecule has 3 aromatic carbocycles. The van der Waals surface area contributed by atoms with Gasteiger partial charge in [-0.1, -0.05) is 57.2 Å². The number of fused-ring (bicyclic) bond motifs is 1. The number of carbonyl (C=O) groups excluding carboxylic acids is 3. The highest BCUT2D eigenvalue weighted by Gasteiger charge is 2.44. The van der Waals surface area contributed by atoms with Gasteiger partial charge in [0.15, 0.2) is 5.82 Å². The number of rotatable bonds is 16. The second-order valence-corrected chi connectivity index (χ2v) is 25.7. The van der Waals surface area contributed by atoms with Crippen molar-refractivity contribution in [3.8, 4) is 32.8 Å². The maximum absolute atomic E-state index is 15.8. The number of amides is 2. The summed E-state index contributed by atoms with van der Waals surface area (Å²) in [5, 5.41) is 14.3. The predicted molar refractivity (Wildman–Crippen MR) is 309 cm³/mol. The number of hydrogen-bond donors (Lipinski definition) is 5. The Labute approximate surface area is 478 Å². The number of benzene rings is 3. The quantitative estimate of drug-likeness (QED) is 0.0583. The Morgan fingerprint density at radius 3 is 2.23 bits per heavy atom. The number of hydrogen-bond acceptors (Lipinski definition) is 13. The van der Waals surface area contributed by atoms with E-state index in [4.69, 9.17) is 0 Å². The molecule has 0 aliphatic carbocycles. The summed E-state index contributed by atoms with van der Waals surface area (Å²) in [6, 6.07) is 18.3. The molecule has 0 bridgehead atoms. The van der Waals surface area contributed by atoms with E-state index in [1.165, 1.54) is 6.20 Å². The molecule has 2 amide bonds. The first-order valence-corrected chi connectivity index (χ1v) is 30.1. The van der Waals surface area contributed by atoms with Crippen LogP contribution < -0.4 is 14.9 Å². The second-order valence-electron chi connectivity index (χ2n) is 23.1. The van der Waals surface area contributed by atoms with Crippen LogP contribution in [0, 0.1) is 29.9 Å². The highest BCUT2D eigenvalue weighted by Crippen LogP contribution is 2.37. The summed E-state index contributed by atoms with van der Waals surface area (Å²) in [6.07, 6.45) is 4.99. The zero-order valence-corrected chi connectivity index (χ0v) is 47.8. The normalized spacial score (nSPS) is 20.2. The Bertz CT molecular complexity index is 3590. The van der Waals surface area contributed by atoms with Crippen molar-refractivity contribution in [1.82, 2.24) is 49.2 Å². The van der Waals surface area contributed by atoms with Gasteiger partial charge in [-0.05, 0) is 84.5 Å². The number of carbonyl (C=O) groups is 3. The van der Waals surface area contributed by atoms with Crippen LogP contribution in [0.2, 0.25) is 0 Å². The minimum absolute atomic E-state index is 0.00215. The van der Waals surface area contributed by atoms with E-state index in [1.807, 2.05) is 74.3 Å². The first-order valence-electron chi connectivity index (χ1n) is 27.8. The third kappa shape index (κ3) is 12.1. The predicted octanol–water partition coefficient (Wildman–Crippen LogP) is 7.96. The van der Waals surface area contributed by atoms with E-state index >= 15 is 8.78 Å². The summed E-state index contributed by atoms with van der Waals surface area (Å²) in [6.45, 7) is 13.5. The Balaban J connectivity index is 0.647. The van der Waals surface area contributed by atoms with Crippen LogP contribution in [0.1, 0.15) is 79.9 Å². The van der Waals surface area contributed by atoms with Crippen LogP contribution >= 0.6 is 11.3 Å². The van der Waals surface area contributed by atoms with Crippen molar-refractivity contribution in [2.75, 3.05) is 81.6 Å². The summed E-state index contributed by atoms with van der Waals surface area (Å²) in [5.74, 6) is -2.93. The number of β-amino-alcohol motifs (C(OH)–C–C–N with tert-alkyl or cyclic N) is 1. The molecule has 82 heavy (non-hydrogen) atoms. The number of thiazole rings is 1. The number of pyridine rings is 1. The van der Waals surface area contributed by atoms with Crippen LogP contribution in [0.5, 0.6) is 0 Å². The van der Waals surface area contributed by atoms with Crippen molar-refractivity contribution in [3.63, 3.8) is 0 Å². The van der Waals surface area contributed by atoms with Crippen LogP contribution in [0.4, 0.5) is 24.5 Å². The average Bonchev–Trinajstić information content (AvgIpc) is 4.37. The standard InChI is InChI=1S/C59H67F3N12O6S2/c1-35-54(81-34-66-35)39-7-5-38(6-8-39)48-29-65-57(67-48)49-26-43(75)32-74(49)58(78)55(59(2,3)4)68-50(76)33-71-23-21-70(22-24-71)30-36-15-18-72(19-16-36)42-11-9-37(10-12-42)40-25-44-45(28-64-56(44)63-27-40)53(77)51-46(61)13-14-47(52(51)62)69-82(79,80)73-20-17-41(60)31-73/h5-14,25,27-29,34,36,41,43,49,55,69,75H,15-24,26,30-33H2,1-4H3,(H,63,64)(H,65,67)(H,68,76)/t41-,43-,49+,55-/m1/s1. The topological polar surface area (TPSA) is 216 Å². The first kappa shape index (κ1) is 56.8. The number of nitrogens with one attached hydrogen (secondary N) is 4. The molecule has 4 aliphatic heterocycles. The number of piperazine rings is 1. The van der Waals surface area contributed by atoms with E-state index in [2.05, 4.69) is 57.1 Å². The van der Waals surface area contributed by atoms with E-state index in [-0.39, 0.29) is 43.4 Å². The number of aryl methyl sites for hydroxylation is 1. The van der Waals surface area contributed by atoms with Gasteiger partial charge >= 0.3 is 10.2 Å². The number of halogens is 3. The summed E-state index contributed by atoms with van der Waals surface area (Å²) in [4.78, 5) is 71.7. The summed E-state index contributed by atoms with van der Waals surface area (Å²) >= 11 is 1.60. The maximum atomic E-state index is 15.8. The van der Waals surface area contributed by atoms with Gasteiger partial charge in [-0.2, -0.15) is 12.7 Å². The molecule has 0 unspecified atom stereocenters. The molecule has 11 rings (SSSR count). The van der Waals surface area contributed by atoms with Crippen LogP contribution in [0.3, 0.4) is 0 Å². The number of alkyl halides is 1. The number of piperidine rings is 1. The van der Waals surface area contributed by atoms with Crippen LogP contribution in [0.15, 0.2) is 90.8 Å². The zero-order valence-electron chi connectivity index (χ0n) is 46.2. The van der Waals surface area contributed by atoms with E-state index in [0.717, 1.165) is 114 Å². The molecule has 0 saturated carbocycles. The lowest BCUT2D eigenvalue weighted by molar-refractivity contribution is -0.141. The van der Waals surface area contributed by atoms with Gasteiger partial charge in [0.2, 0.25) is 17.6 Å². The number of aromatic nitrogens is 5. The largest absolute Gasteiger partial charge is 0.391 e. The molecule has 18 nitrogen and oxygen atoms in total. The van der Waals surface area contributed by atoms with Gasteiger partial charge in [-0.15, -0.1) is 11.3 Å². The Morgan fingerprint density at radius 1 is 0.841 bits per heavy atom. The monoisotopic (exact) mass is 1160 g/mol. The molecule has 4 aromatic heterocycles. The summed E-state index contributed by atoms with van der Waals surface area (Å²) < 4.78 is 73.5. The lowest BCUT2D eigenvalue weighted by atomic mass is 9.85. The molecule has 23 heteroatoms. The van der Waals surface area contributed by atoms with Gasteiger partial charge in [0.1, 0.15) is 29.5 Å². The number of imidazole rings is 1. The number of aromatic amines is 2. The van der Waals surface area contributed by atoms with Crippen LogP contribution in [0.25, 0.3) is 43.9 Å². The van der Waals surface area contributed by atoms with Crippen molar-refractivity contribution in [1.29, 1.82) is 0 Å². The first-order chi connectivity index (χ1) is 39.3. The molecule has 4 fully saturated rings. The SMILES string of the molecule is Cc1ncsc1-c1ccc(-c2cnc([C@@H]3C[C@@H](O)CN3C(=O)[C@@H](NC(=O)CN3CCN(CC4CCN(c5ccc(-c6cnc7[nH]cc(C(=O)c8c(F)ccc(NS(=O)(=O)N9CC[C@@H](F)C9)c8F)c7c6)cc5)CC4)CC3)C(C)(C)C)[nH]2)cc1. The van der Waals surface area contributed by atoms with Crippen molar-refractivity contribution in [2.45, 2.75) is 77.7 Å². The molecule has 5 N–H and O–H groups in total.